The van der Waals surface area contributed by atoms with E-state index in [2.05, 4.69) is 20.9 Å². The Morgan fingerprint density at radius 3 is 2.62 bits per heavy atom. The van der Waals surface area contributed by atoms with Crippen LogP contribution in [0.1, 0.15) is 0 Å². The zero-order valence-electron chi connectivity index (χ0n) is 11.5. The van der Waals surface area contributed by atoms with Crippen LogP contribution in [0.4, 0.5) is 0 Å². The van der Waals surface area contributed by atoms with Gasteiger partial charge in [-0.25, -0.2) is 0 Å². The molecule has 0 atom stereocenters. The van der Waals surface area contributed by atoms with Crippen LogP contribution in [-0.4, -0.2) is 23.8 Å². The van der Waals surface area contributed by atoms with Gasteiger partial charge >= 0.3 is 0 Å². The van der Waals surface area contributed by atoms with Crippen LogP contribution in [0.25, 0.3) is 16.7 Å². The van der Waals surface area contributed by atoms with Gasteiger partial charge in [0, 0.05) is 10.5 Å². The van der Waals surface area contributed by atoms with Crippen molar-refractivity contribution >= 4 is 39.2 Å². The summed E-state index contributed by atoms with van der Waals surface area (Å²) in [5.41, 5.74) is 2.83. The minimum Gasteiger partial charge on any atom is -0.497 e. The molecule has 21 heavy (non-hydrogen) atoms. The van der Waals surface area contributed by atoms with E-state index in [-0.39, 0.29) is 0 Å². The van der Waals surface area contributed by atoms with Crippen molar-refractivity contribution in [2.24, 2.45) is 0 Å². The second-order valence-corrected chi connectivity index (χ2v) is 5.77. The van der Waals surface area contributed by atoms with Crippen LogP contribution < -0.4 is 9.47 Å². The monoisotopic (exact) mass is 364 g/mol. The molecule has 0 unspecified atom stereocenters. The van der Waals surface area contributed by atoms with E-state index >= 15 is 0 Å². The van der Waals surface area contributed by atoms with E-state index in [0.29, 0.717) is 10.5 Å². The first-order chi connectivity index (χ1) is 10.1. The van der Waals surface area contributed by atoms with Crippen LogP contribution in [0.2, 0.25) is 0 Å². The van der Waals surface area contributed by atoms with Gasteiger partial charge in [0.25, 0.3) is 0 Å². The molecule has 3 rings (SSSR count). The summed E-state index contributed by atoms with van der Waals surface area (Å²) in [6, 6.07) is 11.6. The van der Waals surface area contributed by atoms with Gasteiger partial charge in [0.1, 0.15) is 11.5 Å². The molecule has 0 spiro atoms. The SMILES string of the molecule is COc1ccc(-n2c(=S)[nH]c3ccc(Br)cc32)c(OC)c1. The topological polar surface area (TPSA) is 39.2 Å². The van der Waals surface area contributed by atoms with E-state index in [9.17, 15) is 0 Å². The standard InChI is InChI=1S/C15H13BrN2O2S/c1-19-10-4-6-12(14(8-10)20-2)18-13-7-9(16)3-5-11(13)17-15(18)21/h3-8H,1-2H3,(H,17,21). The predicted molar refractivity (Wildman–Crippen MR) is 89.3 cm³/mol. The number of rotatable bonds is 3. The predicted octanol–water partition coefficient (Wildman–Crippen LogP) is 4.47. The van der Waals surface area contributed by atoms with E-state index in [1.807, 2.05) is 41.0 Å². The summed E-state index contributed by atoms with van der Waals surface area (Å²) in [6.45, 7) is 0. The third kappa shape index (κ3) is 2.45. The van der Waals surface area contributed by atoms with Crippen molar-refractivity contribution in [3.05, 3.63) is 45.6 Å². The number of imidazole rings is 1. The minimum atomic E-state index is 0.617. The lowest BCUT2D eigenvalue weighted by molar-refractivity contribution is 0.393. The Morgan fingerprint density at radius 1 is 1.10 bits per heavy atom. The molecule has 0 radical (unpaired) electrons. The van der Waals surface area contributed by atoms with E-state index in [4.69, 9.17) is 21.7 Å². The number of fused-ring (bicyclic) bond motifs is 1. The number of hydrogen-bond donors (Lipinski definition) is 1. The number of aromatic amines is 1. The number of benzene rings is 2. The van der Waals surface area contributed by atoms with E-state index in [1.54, 1.807) is 14.2 Å². The maximum Gasteiger partial charge on any atom is 0.182 e. The van der Waals surface area contributed by atoms with Crippen molar-refractivity contribution in [1.82, 2.24) is 9.55 Å². The second-order valence-electron chi connectivity index (χ2n) is 4.46. The summed E-state index contributed by atoms with van der Waals surface area (Å²) in [5.74, 6) is 1.44. The fourth-order valence-corrected chi connectivity index (χ4v) is 2.94. The third-order valence-corrected chi connectivity index (χ3v) is 4.05. The molecule has 0 fully saturated rings. The molecule has 0 saturated heterocycles. The highest BCUT2D eigenvalue weighted by molar-refractivity contribution is 9.10. The maximum absolute atomic E-state index is 5.47. The van der Waals surface area contributed by atoms with Gasteiger partial charge in [-0.05, 0) is 42.5 Å². The number of H-pyrrole nitrogens is 1. The molecule has 6 heteroatoms. The summed E-state index contributed by atoms with van der Waals surface area (Å²) in [6.07, 6.45) is 0. The molecular weight excluding hydrogens is 352 g/mol. The van der Waals surface area contributed by atoms with Crippen molar-refractivity contribution in [2.75, 3.05) is 14.2 Å². The number of hydrogen-bond acceptors (Lipinski definition) is 3. The number of nitrogens with zero attached hydrogens (tertiary/aromatic N) is 1. The largest absolute Gasteiger partial charge is 0.497 e. The summed E-state index contributed by atoms with van der Waals surface area (Å²) in [7, 11) is 3.26. The molecule has 0 aliphatic heterocycles. The maximum atomic E-state index is 5.47. The van der Waals surface area contributed by atoms with Gasteiger partial charge in [-0.1, -0.05) is 15.9 Å². The summed E-state index contributed by atoms with van der Waals surface area (Å²) < 4.78 is 14.3. The zero-order valence-corrected chi connectivity index (χ0v) is 13.9. The first-order valence-electron chi connectivity index (χ1n) is 6.26. The van der Waals surface area contributed by atoms with Crippen LogP contribution >= 0.6 is 28.1 Å². The van der Waals surface area contributed by atoms with Crippen molar-refractivity contribution in [2.45, 2.75) is 0 Å². The average Bonchev–Trinajstić information content (AvgIpc) is 2.81. The number of methoxy groups -OCH3 is 2. The Labute approximate surface area is 135 Å². The molecule has 0 amide bonds. The minimum absolute atomic E-state index is 0.617. The Hall–Kier alpha value is -1.79. The molecule has 3 aromatic rings. The summed E-state index contributed by atoms with van der Waals surface area (Å²) in [4.78, 5) is 3.20. The highest BCUT2D eigenvalue weighted by Gasteiger charge is 2.12. The smallest absolute Gasteiger partial charge is 0.182 e. The highest BCUT2D eigenvalue weighted by atomic mass is 79.9. The molecule has 1 N–H and O–H groups in total. The Morgan fingerprint density at radius 2 is 1.90 bits per heavy atom. The first kappa shape index (κ1) is 14.2. The average molecular weight is 365 g/mol. The van der Waals surface area contributed by atoms with Gasteiger partial charge in [0.05, 0.1) is 30.9 Å². The molecule has 108 valence electrons. The van der Waals surface area contributed by atoms with Gasteiger partial charge in [-0.3, -0.25) is 4.57 Å². The number of aromatic nitrogens is 2. The quantitative estimate of drug-likeness (QED) is 0.697. The second kappa shape index (κ2) is 5.54. The lowest BCUT2D eigenvalue weighted by Gasteiger charge is -2.12. The summed E-state index contributed by atoms with van der Waals surface area (Å²) in [5, 5.41) is 0. The van der Waals surface area contributed by atoms with Gasteiger partial charge < -0.3 is 14.5 Å². The van der Waals surface area contributed by atoms with Crippen molar-refractivity contribution in [1.29, 1.82) is 0 Å². The normalized spacial score (nSPS) is 10.8. The summed E-state index contributed by atoms with van der Waals surface area (Å²) >= 11 is 8.95. The van der Waals surface area contributed by atoms with Crippen LogP contribution in [0.3, 0.4) is 0 Å². The van der Waals surface area contributed by atoms with E-state index < -0.39 is 0 Å². The lowest BCUT2D eigenvalue weighted by atomic mass is 10.2. The lowest BCUT2D eigenvalue weighted by Crippen LogP contribution is -1.98. The van der Waals surface area contributed by atoms with E-state index in [1.165, 1.54) is 0 Å². The zero-order chi connectivity index (χ0) is 15.0. The molecular formula is C15H13BrN2O2S. The van der Waals surface area contributed by atoms with E-state index in [0.717, 1.165) is 26.9 Å². The van der Waals surface area contributed by atoms with Gasteiger partial charge in [0.2, 0.25) is 0 Å². The van der Waals surface area contributed by atoms with Crippen LogP contribution in [-0.2, 0) is 0 Å². The molecule has 2 aromatic carbocycles. The molecule has 0 aliphatic carbocycles. The van der Waals surface area contributed by atoms with Gasteiger partial charge in [-0.2, -0.15) is 0 Å². The van der Waals surface area contributed by atoms with Crippen molar-refractivity contribution in [3.63, 3.8) is 0 Å². The molecule has 0 aliphatic rings. The number of nitrogens with one attached hydrogen (secondary N) is 1. The van der Waals surface area contributed by atoms with Gasteiger partial charge in [-0.15, -0.1) is 0 Å². The third-order valence-electron chi connectivity index (χ3n) is 3.27. The fourth-order valence-electron chi connectivity index (χ4n) is 2.28. The van der Waals surface area contributed by atoms with Crippen molar-refractivity contribution < 1.29 is 9.47 Å². The molecule has 0 bridgehead atoms. The van der Waals surface area contributed by atoms with Crippen LogP contribution in [0.15, 0.2) is 40.9 Å². The van der Waals surface area contributed by atoms with Gasteiger partial charge in [0.15, 0.2) is 4.77 Å². The van der Waals surface area contributed by atoms with Crippen LogP contribution in [0, 0.1) is 4.77 Å². The van der Waals surface area contributed by atoms with Crippen LogP contribution in [0.5, 0.6) is 11.5 Å². The highest BCUT2D eigenvalue weighted by Crippen LogP contribution is 2.31. The number of halogens is 1. The Balaban J connectivity index is 2.32. The molecule has 0 saturated carbocycles. The van der Waals surface area contributed by atoms with Crippen molar-refractivity contribution in [3.8, 4) is 17.2 Å². The molecule has 4 nitrogen and oxygen atoms in total. The fraction of sp³-hybridized carbons (Fsp3) is 0.133. The Kier molecular flexibility index (Phi) is 3.73. The first-order valence-corrected chi connectivity index (χ1v) is 7.47. The number of ether oxygens (including phenoxy) is 2. The molecule has 1 heterocycles. The molecule has 1 aromatic heterocycles. The Bertz CT molecular complexity index is 870.